The Morgan fingerprint density at radius 1 is 1.32 bits per heavy atom. The Labute approximate surface area is 115 Å². The molecule has 0 unspecified atom stereocenters. The van der Waals surface area contributed by atoms with Crippen molar-refractivity contribution in [3.63, 3.8) is 0 Å². The van der Waals surface area contributed by atoms with Crippen molar-refractivity contribution < 1.29 is 19.4 Å². The average Bonchev–Trinajstić information content (AvgIpc) is 2.32. The van der Waals surface area contributed by atoms with E-state index in [0.29, 0.717) is 32.0 Å². The number of carbonyl (C=O) groups excluding carboxylic acids is 1. The lowest BCUT2D eigenvalue weighted by molar-refractivity contribution is -0.137. The molecule has 0 atom stereocenters. The van der Waals surface area contributed by atoms with Crippen LogP contribution < -0.4 is 5.32 Å². The van der Waals surface area contributed by atoms with Crippen LogP contribution in [-0.2, 0) is 9.53 Å². The summed E-state index contributed by atoms with van der Waals surface area (Å²) in [7, 11) is 1.66. The van der Waals surface area contributed by atoms with Gasteiger partial charge in [0.2, 0.25) is 0 Å². The highest BCUT2D eigenvalue weighted by molar-refractivity contribution is 5.73. The largest absolute Gasteiger partial charge is 0.481 e. The van der Waals surface area contributed by atoms with Crippen LogP contribution in [0.5, 0.6) is 0 Å². The SMILES string of the molecule is CC(C)COCCCNC(=O)N(C)CCCC(=O)O. The third-order valence-corrected chi connectivity index (χ3v) is 2.42. The van der Waals surface area contributed by atoms with Crippen LogP contribution in [0.2, 0.25) is 0 Å². The third-order valence-electron chi connectivity index (χ3n) is 2.42. The van der Waals surface area contributed by atoms with Crippen molar-refractivity contribution in [2.45, 2.75) is 33.1 Å². The van der Waals surface area contributed by atoms with Gasteiger partial charge in [0.05, 0.1) is 0 Å². The maximum atomic E-state index is 11.6. The number of nitrogens with zero attached hydrogens (tertiary/aromatic N) is 1. The summed E-state index contributed by atoms with van der Waals surface area (Å²) in [5.74, 6) is -0.314. The van der Waals surface area contributed by atoms with Crippen molar-refractivity contribution >= 4 is 12.0 Å². The maximum Gasteiger partial charge on any atom is 0.317 e. The summed E-state index contributed by atoms with van der Waals surface area (Å²) < 4.78 is 5.40. The normalized spacial score (nSPS) is 10.5. The van der Waals surface area contributed by atoms with Gasteiger partial charge in [-0.2, -0.15) is 0 Å². The number of urea groups is 1. The van der Waals surface area contributed by atoms with E-state index in [-0.39, 0.29) is 12.5 Å². The first kappa shape index (κ1) is 17.7. The van der Waals surface area contributed by atoms with Gasteiger partial charge in [-0.25, -0.2) is 4.79 Å². The van der Waals surface area contributed by atoms with Gasteiger partial charge in [-0.1, -0.05) is 13.8 Å². The smallest absolute Gasteiger partial charge is 0.317 e. The molecule has 112 valence electrons. The highest BCUT2D eigenvalue weighted by Gasteiger charge is 2.07. The number of aliphatic carboxylic acids is 1. The maximum absolute atomic E-state index is 11.6. The summed E-state index contributed by atoms with van der Waals surface area (Å²) in [5.41, 5.74) is 0. The van der Waals surface area contributed by atoms with Gasteiger partial charge in [-0.15, -0.1) is 0 Å². The molecule has 0 rings (SSSR count). The number of carboxylic acid groups (broad SMARTS) is 1. The third kappa shape index (κ3) is 11.5. The molecular formula is C13H26N2O4. The quantitative estimate of drug-likeness (QED) is 0.592. The van der Waals surface area contributed by atoms with Crippen LogP contribution >= 0.6 is 0 Å². The van der Waals surface area contributed by atoms with Gasteiger partial charge in [-0.3, -0.25) is 4.79 Å². The zero-order valence-corrected chi connectivity index (χ0v) is 12.1. The summed E-state index contributed by atoms with van der Waals surface area (Å²) in [5, 5.41) is 11.3. The molecule has 0 aliphatic heterocycles. The standard InChI is InChI=1S/C13H26N2O4/c1-11(2)10-19-9-5-7-14-13(18)15(3)8-4-6-12(16)17/h11H,4-10H2,1-3H3,(H,14,18)(H,16,17). The Kier molecular flexibility index (Phi) is 9.88. The fourth-order valence-corrected chi connectivity index (χ4v) is 1.39. The molecule has 0 aromatic heterocycles. The van der Waals surface area contributed by atoms with Gasteiger partial charge < -0.3 is 20.1 Å². The van der Waals surface area contributed by atoms with E-state index in [4.69, 9.17) is 9.84 Å². The second-order valence-electron chi connectivity index (χ2n) is 4.97. The Bertz CT molecular complexity index is 269. The molecule has 6 nitrogen and oxygen atoms in total. The minimum absolute atomic E-state index is 0.0840. The van der Waals surface area contributed by atoms with Gasteiger partial charge >= 0.3 is 12.0 Å². The molecule has 19 heavy (non-hydrogen) atoms. The lowest BCUT2D eigenvalue weighted by Gasteiger charge is -2.17. The zero-order valence-electron chi connectivity index (χ0n) is 12.1. The van der Waals surface area contributed by atoms with E-state index >= 15 is 0 Å². The molecule has 6 heteroatoms. The van der Waals surface area contributed by atoms with E-state index in [0.717, 1.165) is 13.0 Å². The van der Waals surface area contributed by atoms with Gasteiger partial charge in [0.25, 0.3) is 0 Å². The van der Waals surface area contributed by atoms with Crippen molar-refractivity contribution in [2.75, 3.05) is 33.4 Å². The van der Waals surface area contributed by atoms with E-state index in [1.54, 1.807) is 7.05 Å². The van der Waals surface area contributed by atoms with Crippen molar-refractivity contribution in [2.24, 2.45) is 5.92 Å². The topological polar surface area (TPSA) is 78.9 Å². The van der Waals surface area contributed by atoms with Crippen molar-refractivity contribution in [3.05, 3.63) is 0 Å². The Morgan fingerprint density at radius 3 is 2.58 bits per heavy atom. The first-order chi connectivity index (χ1) is 8.93. The predicted molar refractivity (Wildman–Crippen MR) is 73.2 cm³/mol. The molecule has 0 spiro atoms. The van der Waals surface area contributed by atoms with Crippen LogP contribution in [0.1, 0.15) is 33.1 Å². The van der Waals surface area contributed by atoms with E-state index in [9.17, 15) is 9.59 Å². The molecule has 0 bridgehead atoms. The molecule has 0 aliphatic rings. The highest BCUT2D eigenvalue weighted by atomic mass is 16.5. The number of amides is 2. The van der Waals surface area contributed by atoms with Crippen molar-refractivity contribution in [1.82, 2.24) is 10.2 Å². The molecule has 0 aromatic carbocycles. The second kappa shape index (κ2) is 10.6. The monoisotopic (exact) mass is 274 g/mol. The highest BCUT2D eigenvalue weighted by Crippen LogP contribution is 1.95. The number of ether oxygens (including phenoxy) is 1. The molecule has 0 radical (unpaired) electrons. The van der Waals surface area contributed by atoms with Crippen LogP contribution in [0.25, 0.3) is 0 Å². The first-order valence-corrected chi connectivity index (χ1v) is 6.72. The van der Waals surface area contributed by atoms with Gasteiger partial charge in [0.1, 0.15) is 0 Å². The molecule has 0 saturated carbocycles. The molecule has 0 aromatic rings. The second-order valence-corrected chi connectivity index (χ2v) is 4.97. The Morgan fingerprint density at radius 2 is 2.00 bits per heavy atom. The van der Waals surface area contributed by atoms with E-state index in [2.05, 4.69) is 19.2 Å². The summed E-state index contributed by atoms with van der Waals surface area (Å²) in [6.45, 7) is 6.58. The Balaban J connectivity index is 3.49. The van der Waals surface area contributed by atoms with Crippen LogP contribution in [0.3, 0.4) is 0 Å². The van der Waals surface area contributed by atoms with Gasteiger partial charge in [0, 0.05) is 39.8 Å². The fraction of sp³-hybridized carbons (Fsp3) is 0.846. The van der Waals surface area contributed by atoms with Crippen LogP contribution in [0, 0.1) is 5.92 Å². The average molecular weight is 274 g/mol. The van der Waals surface area contributed by atoms with Gasteiger partial charge in [-0.05, 0) is 18.8 Å². The van der Waals surface area contributed by atoms with E-state index in [1.807, 2.05) is 0 Å². The predicted octanol–water partition coefficient (Wildman–Crippen LogP) is 1.56. The van der Waals surface area contributed by atoms with E-state index < -0.39 is 5.97 Å². The summed E-state index contributed by atoms with van der Waals surface area (Å²) in [4.78, 5) is 23.4. The number of rotatable bonds is 10. The molecule has 0 saturated heterocycles. The van der Waals surface area contributed by atoms with E-state index in [1.165, 1.54) is 4.90 Å². The minimum atomic E-state index is -0.837. The van der Waals surface area contributed by atoms with Gasteiger partial charge in [0.15, 0.2) is 0 Å². The number of hydrogen-bond acceptors (Lipinski definition) is 3. The summed E-state index contributed by atoms with van der Waals surface area (Å²) in [6.07, 6.45) is 1.33. The molecular weight excluding hydrogens is 248 g/mol. The van der Waals surface area contributed by atoms with Crippen LogP contribution in [0.4, 0.5) is 4.79 Å². The number of carboxylic acids is 1. The Hall–Kier alpha value is -1.30. The van der Waals surface area contributed by atoms with Crippen LogP contribution in [0.15, 0.2) is 0 Å². The van der Waals surface area contributed by atoms with Crippen molar-refractivity contribution in [1.29, 1.82) is 0 Å². The number of hydrogen-bond donors (Lipinski definition) is 2. The van der Waals surface area contributed by atoms with Crippen LogP contribution in [-0.4, -0.2) is 55.4 Å². The lowest BCUT2D eigenvalue weighted by Crippen LogP contribution is -2.38. The molecule has 0 fully saturated rings. The summed E-state index contributed by atoms with van der Waals surface area (Å²) >= 11 is 0. The summed E-state index contributed by atoms with van der Waals surface area (Å²) in [6, 6.07) is -0.172. The fourth-order valence-electron chi connectivity index (χ4n) is 1.39. The number of carbonyl (C=O) groups is 2. The lowest BCUT2D eigenvalue weighted by atomic mass is 10.2. The minimum Gasteiger partial charge on any atom is -0.481 e. The molecule has 2 N–H and O–H groups in total. The molecule has 0 aliphatic carbocycles. The number of nitrogens with one attached hydrogen (secondary N) is 1. The first-order valence-electron chi connectivity index (χ1n) is 6.72. The molecule has 0 heterocycles. The molecule has 2 amide bonds. The van der Waals surface area contributed by atoms with Crippen molar-refractivity contribution in [3.8, 4) is 0 Å². The zero-order chi connectivity index (χ0) is 14.7.